The van der Waals surface area contributed by atoms with E-state index in [-0.39, 0.29) is 29.8 Å². The summed E-state index contributed by atoms with van der Waals surface area (Å²) in [4.78, 5) is 12.2. The van der Waals surface area contributed by atoms with Crippen LogP contribution in [0.25, 0.3) is 0 Å². The summed E-state index contributed by atoms with van der Waals surface area (Å²) in [7, 11) is 0. The highest BCUT2D eigenvalue weighted by Gasteiger charge is 2.61. The lowest BCUT2D eigenvalue weighted by Crippen LogP contribution is -2.10. The molecule has 1 aromatic heterocycles. The molecule has 0 N–H and O–H groups in total. The number of hydrogen-bond donors (Lipinski definition) is 0. The third kappa shape index (κ3) is 3.81. The van der Waals surface area contributed by atoms with E-state index < -0.39 is 0 Å². The van der Waals surface area contributed by atoms with Gasteiger partial charge in [0, 0.05) is 18.0 Å². The Morgan fingerprint density at radius 2 is 2.29 bits per heavy atom. The van der Waals surface area contributed by atoms with E-state index in [0.717, 1.165) is 8.96 Å². The van der Waals surface area contributed by atoms with E-state index in [1.54, 1.807) is 0 Å². The first kappa shape index (κ1) is 16.4. The van der Waals surface area contributed by atoms with Crippen molar-refractivity contribution >= 4 is 37.8 Å². The maximum absolute atomic E-state index is 12.2. The Kier molecular flexibility index (Phi) is 5.00. The topological polar surface area (TPSA) is 31.2 Å². The lowest BCUT2D eigenvalue weighted by atomic mass is 10.1. The average molecular weight is 415 g/mol. The van der Waals surface area contributed by atoms with Crippen LogP contribution in [0.15, 0.2) is 27.9 Å². The second kappa shape index (κ2) is 6.41. The third-order valence-corrected chi connectivity index (χ3v) is 4.47. The molecule has 0 aromatic carbocycles. The van der Waals surface area contributed by atoms with E-state index in [1.807, 2.05) is 29.1 Å². The number of esters is 1. The minimum Gasteiger partial charge on any atom is -0.461 e. The van der Waals surface area contributed by atoms with Crippen LogP contribution in [-0.4, -0.2) is 10.5 Å². The zero-order valence-electron chi connectivity index (χ0n) is 12.0. The number of terminal acetylenes is 1. The summed E-state index contributed by atoms with van der Waals surface area (Å²) in [6.45, 7) is 4.96. The lowest BCUT2D eigenvalue weighted by molar-refractivity contribution is -0.147. The van der Waals surface area contributed by atoms with Gasteiger partial charge in [0.05, 0.1) is 15.9 Å². The molecule has 1 aliphatic rings. The summed E-state index contributed by atoms with van der Waals surface area (Å²) in [6, 6.07) is 1.91. The van der Waals surface area contributed by atoms with Crippen molar-refractivity contribution < 1.29 is 9.53 Å². The van der Waals surface area contributed by atoms with Crippen molar-refractivity contribution in [3.8, 4) is 12.3 Å². The first-order chi connectivity index (χ1) is 9.86. The fourth-order valence-electron chi connectivity index (χ4n) is 2.60. The molecule has 1 heterocycles. The predicted octanol–water partition coefficient (Wildman–Crippen LogP) is 4.07. The molecular weight excluding hydrogens is 398 g/mol. The summed E-state index contributed by atoms with van der Waals surface area (Å²) in [6.07, 6.45) is 11.1. The molecule has 3 nitrogen and oxygen atoms in total. The van der Waals surface area contributed by atoms with Crippen LogP contribution in [0, 0.1) is 29.6 Å². The van der Waals surface area contributed by atoms with Gasteiger partial charge in [-0.2, -0.15) is 0 Å². The Balaban J connectivity index is 1.91. The van der Waals surface area contributed by atoms with Crippen LogP contribution in [0.2, 0.25) is 0 Å². The Hall–Kier alpha value is -0.990. The highest BCUT2D eigenvalue weighted by atomic mass is 79.9. The van der Waals surface area contributed by atoms with E-state index >= 15 is 0 Å². The monoisotopic (exact) mass is 413 g/mol. The minimum atomic E-state index is -0.146. The molecule has 112 valence electrons. The first-order valence-electron chi connectivity index (χ1n) is 6.64. The highest BCUT2D eigenvalue weighted by Crippen LogP contribution is 2.60. The van der Waals surface area contributed by atoms with Gasteiger partial charge < -0.3 is 9.30 Å². The number of carbonyl (C=O) groups excluding carboxylic acids is 1. The number of allylic oxidation sites excluding steroid dienone is 1. The van der Waals surface area contributed by atoms with Crippen LogP contribution in [0.5, 0.6) is 0 Å². The molecule has 0 bridgehead atoms. The summed E-state index contributed by atoms with van der Waals surface area (Å²) >= 11 is 6.69. The van der Waals surface area contributed by atoms with Crippen LogP contribution >= 0.6 is 31.9 Å². The van der Waals surface area contributed by atoms with E-state index in [1.165, 1.54) is 0 Å². The SMILES string of the molecule is C#CCn1ccc(COC(=O)[C@H]2[C@@H](C=C(Br)Br)C2(C)C)c1. The fraction of sp³-hybridized carbons (Fsp3) is 0.438. The van der Waals surface area contributed by atoms with Gasteiger partial charge >= 0.3 is 5.97 Å². The molecule has 2 rings (SSSR count). The Morgan fingerprint density at radius 3 is 2.90 bits per heavy atom. The van der Waals surface area contributed by atoms with Crippen LogP contribution in [0.3, 0.4) is 0 Å². The van der Waals surface area contributed by atoms with Crippen molar-refractivity contribution in [3.05, 3.63) is 33.5 Å². The van der Waals surface area contributed by atoms with E-state index in [2.05, 4.69) is 51.6 Å². The maximum atomic E-state index is 12.2. The van der Waals surface area contributed by atoms with Crippen molar-refractivity contribution in [1.29, 1.82) is 0 Å². The molecule has 5 heteroatoms. The number of hydrogen-bond acceptors (Lipinski definition) is 2. The van der Waals surface area contributed by atoms with Gasteiger partial charge in [0.15, 0.2) is 0 Å². The Labute approximate surface area is 142 Å². The van der Waals surface area contributed by atoms with Gasteiger partial charge in [-0.05, 0) is 49.3 Å². The van der Waals surface area contributed by atoms with Gasteiger partial charge in [-0.1, -0.05) is 25.8 Å². The largest absolute Gasteiger partial charge is 0.461 e. The molecule has 0 unspecified atom stereocenters. The zero-order chi connectivity index (χ0) is 15.6. The van der Waals surface area contributed by atoms with Gasteiger partial charge in [-0.15, -0.1) is 6.42 Å². The van der Waals surface area contributed by atoms with Crippen molar-refractivity contribution in [3.63, 3.8) is 0 Å². The molecule has 0 spiro atoms. The summed E-state index contributed by atoms with van der Waals surface area (Å²) in [5, 5.41) is 0. The van der Waals surface area contributed by atoms with Crippen molar-refractivity contribution in [1.82, 2.24) is 4.57 Å². The van der Waals surface area contributed by atoms with Gasteiger partial charge in [0.2, 0.25) is 0 Å². The van der Waals surface area contributed by atoms with Crippen LogP contribution < -0.4 is 0 Å². The smallest absolute Gasteiger partial charge is 0.310 e. The molecule has 0 radical (unpaired) electrons. The standard InChI is InChI=1S/C16H17Br2NO2/c1-4-6-19-7-5-11(9-19)10-21-15(20)14-12(8-13(17)18)16(14,2)3/h1,5,7-9,12,14H,6,10H2,2-3H3/t12-,14-/m1/s1. The average Bonchev–Trinajstić information content (AvgIpc) is 2.75. The summed E-state index contributed by atoms with van der Waals surface area (Å²) in [5.41, 5.74) is 0.894. The Bertz CT molecular complexity index is 606. The van der Waals surface area contributed by atoms with Gasteiger partial charge in [0.1, 0.15) is 6.61 Å². The maximum Gasteiger partial charge on any atom is 0.310 e. The molecular formula is C16H17Br2NO2. The molecule has 1 aromatic rings. The summed E-state index contributed by atoms with van der Waals surface area (Å²) in [5.74, 6) is 2.53. The quantitative estimate of drug-likeness (QED) is 0.537. The van der Waals surface area contributed by atoms with Crippen molar-refractivity contribution in [2.45, 2.75) is 27.0 Å². The van der Waals surface area contributed by atoms with E-state index in [4.69, 9.17) is 11.2 Å². The first-order valence-corrected chi connectivity index (χ1v) is 8.22. The minimum absolute atomic E-state index is 0.0563. The van der Waals surface area contributed by atoms with Crippen LogP contribution in [-0.2, 0) is 22.7 Å². The van der Waals surface area contributed by atoms with Crippen LogP contribution in [0.4, 0.5) is 0 Å². The molecule has 21 heavy (non-hydrogen) atoms. The third-order valence-electron chi connectivity index (χ3n) is 3.94. The van der Waals surface area contributed by atoms with Gasteiger partial charge in [-0.3, -0.25) is 4.79 Å². The van der Waals surface area contributed by atoms with Crippen molar-refractivity contribution in [2.24, 2.45) is 17.3 Å². The normalized spacial score (nSPS) is 22.2. The second-order valence-corrected chi connectivity index (χ2v) is 8.56. The number of nitrogens with zero attached hydrogens (tertiary/aromatic N) is 1. The van der Waals surface area contributed by atoms with Gasteiger partial charge in [-0.25, -0.2) is 0 Å². The highest BCUT2D eigenvalue weighted by molar-refractivity contribution is 9.28. The fourth-order valence-corrected chi connectivity index (χ4v) is 3.17. The lowest BCUT2D eigenvalue weighted by Gasteiger charge is -2.04. The van der Waals surface area contributed by atoms with Crippen LogP contribution in [0.1, 0.15) is 19.4 Å². The van der Waals surface area contributed by atoms with E-state index in [0.29, 0.717) is 6.54 Å². The van der Waals surface area contributed by atoms with Crippen molar-refractivity contribution in [2.75, 3.05) is 0 Å². The number of halogens is 2. The molecule has 0 saturated heterocycles. The van der Waals surface area contributed by atoms with Gasteiger partial charge in [0.25, 0.3) is 0 Å². The van der Waals surface area contributed by atoms with E-state index in [9.17, 15) is 4.79 Å². The zero-order valence-corrected chi connectivity index (χ0v) is 15.1. The molecule has 0 amide bonds. The molecule has 1 aliphatic carbocycles. The Morgan fingerprint density at radius 1 is 1.57 bits per heavy atom. The second-order valence-electron chi connectivity index (χ2n) is 5.79. The summed E-state index contributed by atoms with van der Waals surface area (Å²) < 4.78 is 8.18. The predicted molar refractivity (Wildman–Crippen MR) is 89.8 cm³/mol. The molecule has 0 aliphatic heterocycles. The molecule has 1 saturated carbocycles. The number of rotatable bonds is 5. The number of carbonyl (C=O) groups is 1. The molecule has 2 atom stereocenters. The molecule has 1 fully saturated rings. The number of aromatic nitrogens is 1. The number of ether oxygens (including phenoxy) is 1.